The Balaban J connectivity index is 2.12. The number of hydrogen-bond acceptors (Lipinski definition) is 3. The molecule has 2 aromatic carbocycles. The number of carboxylic acid groups (broad SMARTS) is 1. The first-order valence-electron chi connectivity index (χ1n) is 6.50. The Hall–Kier alpha value is -2.82. The molecule has 0 saturated heterocycles. The highest BCUT2D eigenvalue weighted by Gasteiger charge is 2.12. The van der Waals surface area contributed by atoms with E-state index < -0.39 is 6.09 Å². The van der Waals surface area contributed by atoms with Gasteiger partial charge in [0.05, 0.1) is 6.54 Å². The third-order valence-electron chi connectivity index (χ3n) is 2.87. The Morgan fingerprint density at radius 3 is 2.10 bits per heavy atom. The van der Waals surface area contributed by atoms with Crippen LogP contribution in [0.4, 0.5) is 4.79 Å². The Kier molecular flexibility index (Phi) is 4.56. The topological polar surface area (TPSA) is 66.8 Å². The molecule has 2 rings (SSSR count). The molecule has 2 aromatic rings. The predicted molar refractivity (Wildman–Crippen MR) is 77.3 cm³/mol. The summed E-state index contributed by atoms with van der Waals surface area (Å²) >= 11 is 0. The smallest absolute Gasteiger partial charge is 0.440 e. The number of carbonyl (C=O) groups excluding carboxylic acids is 1. The lowest BCUT2D eigenvalue weighted by atomic mass is 10.0. The third-order valence-corrected chi connectivity index (χ3v) is 2.87. The highest BCUT2D eigenvalue weighted by Crippen LogP contribution is 2.16. The van der Waals surface area contributed by atoms with Crippen LogP contribution >= 0.6 is 0 Å². The van der Waals surface area contributed by atoms with Gasteiger partial charge >= 0.3 is 6.09 Å². The summed E-state index contributed by atoms with van der Waals surface area (Å²) in [5, 5.41) is 9.69. The van der Waals surface area contributed by atoms with Crippen molar-refractivity contribution in [3.63, 3.8) is 0 Å². The summed E-state index contributed by atoms with van der Waals surface area (Å²) in [6.45, 7) is 1.88. The van der Waals surface area contributed by atoms with Crippen molar-refractivity contribution in [3.05, 3.63) is 65.7 Å². The van der Waals surface area contributed by atoms with E-state index in [1.165, 1.54) is 0 Å². The Labute approximate surface area is 122 Å². The molecule has 0 fully saturated rings. The first-order valence-corrected chi connectivity index (χ1v) is 6.50. The normalized spacial score (nSPS) is 9.95. The molecule has 0 aromatic heterocycles. The number of nitrogens with zero attached hydrogens (tertiary/aromatic N) is 1. The van der Waals surface area contributed by atoms with Gasteiger partial charge in [-0.15, -0.1) is 5.06 Å². The van der Waals surface area contributed by atoms with Gasteiger partial charge < -0.3 is 9.94 Å². The van der Waals surface area contributed by atoms with Gasteiger partial charge in [-0.2, -0.15) is 0 Å². The molecule has 0 radical (unpaired) electrons. The van der Waals surface area contributed by atoms with Gasteiger partial charge in [-0.25, -0.2) is 4.79 Å². The molecule has 0 saturated carbocycles. The molecular weight excluding hydrogens is 270 g/mol. The first kappa shape index (κ1) is 14.6. The zero-order valence-electron chi connectivity index (χ0n) is 11.5. The van der Waals surface area contributed by atoms with Crippen LogP contribution in [0.5, 0.6) is 5.75 Å². The van der Waals surface area contributed by atoms with E-state index in [-0.39, 0.29) is 12.3 Å². The zero-order chi connectivity index (χ0) is 15.2. The van der Waals surface area contributed by atoms with Crippen molar-refractivity contribution in [1.29, 1.82) is 0 Å². The maximum atomic E-state index is 12.2. The van der Waals surface area contributed by atoms with E-state index in [0.29, 0.717) is 16.9 Å². The molecule has 0 aliphatic rings. The number of benzene rings is 2. The summed E-state index contributed by atoms with van der Waals surface area (Å²) in [5.74, 6) is 0.275. The summed E-state index contributed by atoms with van der Waals surface area (Å²) in [5.41, 5.74) is 1.12. The van der Waals surface area contributed by atoms with Crippen LogP contribution < -0.4 is 4.84 Å². The standard InChI is InChI=1S/C16H15NO4/c1-2-17(16(19)20)21-14-10-8-13(9-11-14)15(18)12-6-4-3-5-7-12/h3-11H,2H2,1H3,(H,19,20). The molecule has 0 unspecified atom stereocenters. The lowest BCUT2D eigenvalue weighted by molar-refractivity contribution is -0.0315. The van der Waals surface area contributed by atoms with Gasteiger partial charge in [0.15, 0.2) is 11.5 Å². The average Bonchev–Trinajstić information content (AvgIpc) is 2.53. The molecule has 0 aliphatic carbocycles. The van der Waals surface area contributed by atoms with E-state index in [1.54, 1.807) is 55.5 Å². The van der Waals surface area contributed by atoms with Crippen LogP contribution in [0, 0.1) is 0 Å². The summed E-state index contributed by atoms with van der Waals surface area (Å²) in [4.78, 5) is 28.2. The zero-order valence-corrected chi connectivity index (χ0v) is 11.5. The maximum absolute atomic E-state index is 12.2. The number of amides is 1. The molecule has 0 aliphatic heterocycles. The summed E-state index contributed by atoms with van der Waals surface area (Å²) in [6, 6.07) is 15.3. The predicted octanol–water partition coefficient (Wildman–Crippen LogP) is 3.21. The van der Waals surface area contributed by atoms with Crippen LogP contribution in [0.2, 0.25) is 0 Å². The molecule has 5 nitrogen and oxygen atoms in total. The minimum atomic E-state index is -1.16. The van der Waals surface area contributed by atoms with Crippen LogP contribution in [0.25, 0.3) is 0 Å². The number of rotatable bonds is 5. The van der Waals surface area contributed by atoms with Gasteiger partial charge in [-0.3, -0.25) is 4.79 Å². The molecule has 108 valence electrons. The number of hydroxylamine groups is 2. The minimum absolute atomic E-state index is 0.0901. The Morgan fingerprint density at radius 1 is 1.00 bits per heavy atom. The molecule has 21 heavy (non-hydrogen) atoms. The largest absolute Gasteiger partial charge is 0.463 e. The van der Waals surface area contributed by atoms with Gasteiger partial charge in [-0.1, -0.05) is 30.3 Å². The van der Waals surface area contributed by atoms with Crippen molar-refractivity contribution in [2.75, 3.05) is 6.54 Å². The van der Waals surface area contributed by atoms with Crippen molar-refractivity contribution in [3.8, 4) is 5.75 Å². The van der Waals surface area contributed by atoms with Crippen molar-refractivity contribution in [1.82, 2.24) is 5.06 Å². The van der Waals surface area contributed by atoms with E-state index in [4.69, 9.17) is 9.94 Å². The molecule has 0 heterocycles. The van der Waals surface area contributed by atoms with E-state index in [9.17, 15) is 9.59 Å². The summed E-state index contributed by atoms with van der Waals surface area (Å²) in [6.07, 6.45) is -1.16. The molecular formula is C16H15NO4. The van der Waals surface area contributed by atoms with E-state index in [2.05, 4.69) is 0 Å². The number of ketones is 1. The Bertz CT molecular complexity index is 622. The summed E-state index contributed by atoms with van der Waals surface area (Å²) in [7, 11) is 0. The van der Waals surface area contributed by atoms with Gasteiger partial charge in [0.1, 0.15) is 0 Å². The lowest BCUT2D eigenvalue weighted by Gasteiger charge is -2.17. The number of hydrogen-bond donors (Lipinski definition) is 1. The SMILES string of the molecule is CCN(Oc1ccc(C(=O)c2ccccc2)cc1)C(=O)O. The fourth-order valence-electron chi connectivity index (χ4n) is 1.79. The van der Waals surface area contributed by atoms with Gasteiger partial charge in [0, 0.05) is 11.1 Å². The van der Waals surface area contributed by atoms with Crippen LogP contribution in [0.3, 0.4) is 0 Å². The van der Waals surface area contributed by atoms with Crippen molar-refractivity contribution in [2.45, 2.75) is 6.92 Å². The fraction of sp³-hybridized carbons (Fsp3) is 0.125. The third kappa shape index (κ3) is 3.60. The molecule has 0 spiro atoms. The number of carbonyl (C=O) groups is 2. The van der Waals surface area contributed by atoms with Crippen LogP contribution in [0.1, 0.15) is 22.8 Å². The summed E-state index contributed by atoms with van der Waals surface area (Å²) < 4.78 is 0. The fourth-order valence-corrected chi connectivity index (χ4v) is 1.79. The lowest BCUT2D eigenvalue weighted by Crippen LogP contribution is -2.32. The van der Waals surface area contributed by atoms with E-state index in [1.807, 2.05) is 6.07 Å². The average molecular weight is 285 g/mol. The van der Waals surface area contributed by atoms with E-state index in [0.717, 1.165) is 5.06 Å². The minimum Gasteiger partial charge on any atom is -0.463 e. The molecule has 5 heteroatoms. The highest BCUT2D eigenvalue weighted by atomic mass is 16.7. The van der Waals surface area contributed by atoms with Gasteiger partial charge in [0.25, 0.3) is 0 Å². The van der Waals surface area contributed by atoms with Crippen LogP contribution in [-0.2, 0) is 0 Å². The maximum Gasteiger partial charge on any atom is 0.440 e. The Morgan fingerprint density at radius 2 is 1.57 bits per heavy atom. The van der Waals surface area contributed by atoms with Gasteiger partial charge in [-0.05, 0) is 31.2 Å². The molecule has 1 amide bonds. The van der Waals surface area contributed by atoms with Gasteiger partial charge in [0.2, 0.25) is 0 Å². The van der Waals surface area contributed by atoms with Crippen LogP contribution in [0.15, 0.2) is 54.6 Å². The second-order valence-corrected chi connectivity index (χ2v) is 4.29. The van der Waals surface area contributed by atoms with Crippen molar-refractivity contribution in [2.24, 2.45) is 0 Å². The van der Waals surface area contributed by atoms with Crippen LogP contribution in [-0.4, -0.2) is 28.6 Å². The monoisotopic (exact) mass is 285 g/mol. The first-order chi connectivity index (χ1) is 10.1. The second kappa shape index (κ2) is 6.56. The van der Waals surface area contributed by atoms with E-state index >= 15 is 0 Å². The van der Waals surface area contributed by atoms with Crippen molar-refractivity contribution >= 4 is 11.9 Å². The second-order valence-electron chi connectivity index (χ2n) is 4.29. The molecule has 0 atom stereocenters. The highest BCUT2D eigenvalue weighted by molar-refractivity contribution is 6.08. The quantitative estimate of drug-likeness (QED) is 0.676. The van der Waals surface area contributed by atoms with Crippen molar-refractivity contribution < 1.29 is 19.5 Å². The molecule has 0 bridgehead atoms. The molecule has 1 N–H and O–H groups in total.